The third-order valence-corrected chi connectivity index (χ3v) is 2.30. The Kier molecular flexibility index (Phi) is 8.12. The fourth-order valence-electron chi connectivity index (χ4n) is 0.925. The molecule has 0 aliphatic carbocycles. The molecule has 0 radical (unpaired) electrons. The van der Waals surface area contributed by atoms with Crippen LogP contribution in [0.25, 0.3) is 0 Å². The van der Waals surface area contributed by atoms with Gasteiger partial charge in [-0.1, -0.05) is 6.08 Å². The Morgan fingerprint density at radius 1 is 1.73 bits per heavy atom. The second kappa shape index (κ2) is 8.11. The summed E-state index contributed by atoms with van der Waals surface area (Å²) in [4.78, 5) is 0. The summed E-state index contributed by atoms with van der Waals surface area (Å²) in [5.74, 6) is 6.44. The van der Waals surface area contributed by atoms with E-state index in [-0.39, 0.29) is 0 Å². The Morgan fingerprint density at radius 3 is 2.91 bits per heavy atom. The largest absolute Gasteiger partial charge is 0.271 e. The highest BCUT2D eigenvalue weighted by Crippen LogP contribution is 2.05. The molecule has 2 nitrogen and oxygen atoms in total. The Labute approximate surface area is 73.6 Å². The van der Waals surface area contributed by atoms with Gasteiger partial charge in [-0.15, -0.1) is 6.58 Å². The van der Waals surface area contributed by atoms with Crippen molar-refractivity contribution in [2.24, 2.45) is 5.84 Å². The van der Waals surface area contributed by atoms with Crippen molar-refractivity contribution in [1.82, 2.24) is 5.43 Å². The van der Waals surface area contributed by atoms with Gasteiger partial charge in [0, 0.05) is 11.8 Å². The van der Waals surface area contributed by atoms with Crippen LogP contribution in [0.2, 0.25) is 0 Å². The molecule has 11 heavy (non-hydrogen) atoms. The molecular formula is C8H18N2S. The monoisotopic (exact) mass is 174 g/mol. The summed E-state index contributed by atoms with van der Waals surface area (Å²) in [5, 5.41) is 0. The van der Waals surface area contributed by atoms with Gasteiger partial charge in [0.05, 0.1) is 0 Å². The molecule has 0 spiro atoms. The maximum atomic E-state index is 5.35. The number of rotatable bonds is 7. The highest BCUT2D eigenvalue weighted by Gasteiger charge is 2.03. The average Bonchev–Trinajstić information content (AvgIpc) is 2.03. The van der Waals surface area contributed by atoms with Crippen molar-refractivity contribution in [3.05, 3.63) is 12.7 Å². The molecule has 0 fully saturated rings. The summed E-state index contributed by atoms with van der Waals surface area (Å²) in [5.41, 5.74) is 2.81. The van der Waals surface area contributed by atoms with Crippen LogP contribution in [-0.2, 0) is 0 Å². The first-order chi connectivity index (χ1) is 5.35. The highest BCUT2D eigenvalue weighted by molar-refractivity contribution is 7.98. The molecule has 0 amide bonds. The van der Waals surface area contributed by atoms with E-state index in [4.69, 9.17) is 5.84 Å². The zero-order chi connectivity index (χ0) is 8.53. The molecule has 0 aromatic carbocycles. The fourth-order valence-corrected chi connectivity index (χ4v) is 1.59. The number of unbranched alkanes of at least 4 members (excludes halogenated alkanes) is 1. The van der Waals surface area contributed by atoms with Gasteiger partial charge in [0.25, 0.3) is 0 Å². The number of thioether (sulfide) groups is 1. The van der Waals surface area contributed by atoms with Gasteiger partial charge in [-0.25, -0.2) is 0 Å². The van der Waals surface area contributed by atoms with Gasteiger partial charge in [-0.3, -0.25) is 11.3 Å². The average molecular weight is 174 g/mol. The molecule has 0 heterocycles. The van der Waals surface area contributed by atoms with Crippen molar-refractivity contribution in [3.63, 3.8) is 0 Å². The number of hydrogen-bond acceptors (Lipinski definition) is 3. The van der Waals surface area contributed by atoms with E-state index in [0.29, 0.717) is 6.04 Å². The fraction of sp³-hybridized carbons (Fsp3) is 0.750. The highest BCUT2D eigenvalue weighted by atomic mass is 32.2. The van der Waals surface area contributed by atoms with E-state index >= 15 is 0 Å². The van der Waals surface area contributed by atoms with E-state index < -0.39 is 0 Å². The van der Waals surface area contributed by atoms with Gasteiger partial charge in [0.1, 0.15) is 0 Å². The molecule has 1 unspecified atom stereocenters. The van der Waals surface area contributed by atoms with E-state index in [2.05, 4.69) is 18.3 Å². The summed E-state index contributed by atoms with van der Waals surface area (Å²) in [6, 6.07) is 0.463. The second-order valence-electron chi connectivity index (χ2n) is 2.54. The predicted octanol–water partition coefficient (Wildman–Crippen LogP) is 1.54. The van der Waals surface area contributed by atoms with E-state index in [0.717, 1.165) is 18.6 Å². The van der Waals surface area contributed by atoms with Crippen molar-refractivity contribution >= 4 is 11.8 Å². The summed E-state index contributed by atoms with van der Waals surface area (Å²) < 4.78 is 0. The Bertz CT molecular complexity index is 96.1. The predicted molar refractivity (Wildman–Crippen MR) is 53.5 cm³/mol. The molecule has 0 aliphatic rings. The van der Waals surface area contributed by atoms with Crippen molar-refractivity contribution in [1.29, 1.82) is 0 Å². The van der Waals surface area contributed by atoms with Gasteiger partial charge in [0.2, 0.25) is 0 Å². The number of nitrogens with one attached hydrogen (secondary N) is 1. The van der Waals surface area contributed by atoms with Crippen LogP contribution >= 0.6 is 11.8 Å². The number of hydrazine groups is 1. The number of nitrogens with two attached hydrogens (primary N) is 1. The molecule has 0 aromatic heterocycles. The molecule has 0 rings (SSSR count). The normalized spacial score (nSPS) is 12.9. The first-order valence-corrected chi connectivity index (χ1v) is 5.30. The molecule has 0 aromatic rings. The van der Waals surface area contributed by atoms with Crippen LogP contribution in [0, 0.1) is 0 Å². The molecule has 0 aliphatic heterocycles. The zero-order valence-electron chi connectivity index (χ0n) is 7.18. The van der Waals surface area contributed by atoms with Crippen LogP contribution in [0.5, 0.6) is 0 Å². The van der Waals surface area contributed by atoms with Crippen molar-refractivity contribution < 1.29 is 0 Å². The third-order valence-electron chi connectivity index (χ3n) is 1.56. The molecule has 0 saturated heterocycles. The van der Waals surface area contributed by atoms with Gasteiger partial charge in [-0.2, -0.15) is 11.8 Å². The van der Waals surface area contributed by atoms with Crippen LogP contribution in [0.15, 0.2) is 12.7 Å². The number of allylic oxidation sites excluding steroid dienone is 1. The molecule has 66 valence electrons. The Hall–Kier alpha value is 0.01000. The lowest BCUT2D eigenvalue weighted by Gasteiger charge is -2.12. The van der Waals surface area contributed by atoms with Gasteiger partial charge < -0.3 is 0 Å². The lowest BCUT2D eigenvalue weighted by molar-refractivity contribution is 0.523. The molecule has 1 atom stereocenters. The Balaban J connectivity index is 3.27. The van der Waals surface area contributed by atoms with E-state index in [1.54, 1.807) is 0 Å². The minimum absolute atomic E-state index is 0.463. The van der Waals surface area contributed by atoms with Crippen LogP contribution in [0.1, 0.15) is 19.3 Å². The molecular weight excluding hydrogens is 156 g/mol. The topological polar surface area (TPSA) is 38.0 Å². The summed E-state index contributed by atoms with van der Waals surface area (Å²) >= 11 is 1.82. The lowest BCUT2D eigenvalue weighted by Crippen LogP contribution is -2.36. The minimum Gasteiger partial charge on any atom is -0.271 e. The van der Waals surface area contributed by atoms with Crippen molar-refractivity contribution in [3.8, 4) is 0 Å². The van der Waals surface area contributed by atoms with E-state index in [9.17, 15) is 0 Å². The Morgan fingerprint density at radius 2 is 2.45 bits per heavy atom. The zero-order valence-corrected chi connectivity index (χ0v) is 7.99. The van der Waals surface area contributed by atoms with Gasteiger partial charge in [0.15, 0.2) is 0 Å². The minimum atomic E-state index is 0.463. The van der Waals surface area contributed by atoms with E-state index in [1.165, 1.54) is 6.42 Å². The molecule has 3 heteroatoms. The van der Waals surface area contributed by atoms with Crippen LogP contribution in [0.4, 0.5) is 0 Å². The number of hydrogen-bond donors (Lipinski definition) is 2. The maximum Gasteiger partial charge on any atom is 0.0301 e. The van der Waals surface area contributed by atoms with Crippen molar-refractivity contribution in [2.75, 3.05) is 12.0 Å². The first-order valence-electron chi connectivity index (χ1n) is 3.91. The third kappa shape index (κ3) is 6.41. The standard InChI is InChI=1S/C8H18N2S/c1-3-4-5-6-8(10-9)7-11-2/h3,8,10H,1,4-7,9H2,2H3. The van der Waals surface area contributed by atoms with E-state index in [1.807, 2.05) is 17.8 Å². The SMILES string of the molecule is C=CCCCC(CSC)NN. The second-order valence-corrected chi connectivity index (χ2v) is 3.45. The molecule has 0 bridgehead atoms. The quantitative estimate of drug-likeness (QED) is 0.266. The summed E-state index contributed by atoms with van der Waals surface area (Å²) in [6.45, 7) is 3.67. The summed E-state index contributed by atoms with van der Waals surface area (Å²) in [7, 11) is 0. The van der Waals surface area contributed by atoms with Gasteiger partial charge >= 0.3 is 0 Å². The first kappa shape index (κ1) is 11.0. The maximum absolute atomic E-state index is 5.35. The smallest absolute Gasteiger partial charge is 0.0301 e. The molecule has 0 saturated carbocycles. The van der Waals surface area contributed by atoms with Crippen LogP contribution in [-0.4, -0.2) is 18.1 Å². The van der Waals surface area contributed by atoms with Crippen LogP contribution in [0.3, 0.4) is 0 Å². The van der Waals surface area contributed by atoms with Gasteiger partial charge in [-0.05, 0) is 25.5 Å². The molecule has 3 N–H and O–H groups in total. The summed E-state index contributed by atoms with van der Waals surface area (Å²) in [6.07, 6.45) is 7.46. The van der Waals surface area contributed by atoms with Crippen molar-refractivity contribution in [2.45, 2.75) is 25.3 Å². The van der Waals surface area contributed by atoms with Crippen LogP contribution < -0.4 is 11.3 Å². The lowest BCUT2D eigenvalue weighted by atomic mass is 10.1.